The lowest BCUT2D eigenvalue weighted by Gasteiger charge is -2.49. The number of aliphatic carboxylic acids is 3. The Morgan fingerprint density at radius 3 is 1.34 bits per heavy atom. The van der Waals surface area contributed by atoms with E-state index in [0.29, 0.717) is 6.42 Å². The number of carboxylic acids is 3. The van der Waals surface area contributed by atoms with Crippen LogP contribution in [-0.4, -0.2) is 57.3 Å². The first-order valence-electron chi connectivity index (χ1n) is 11.2. The quantitative estimate of drug-likeness (QED) is 0.262. The fraction of sp³-hybridized carbons (Fsp3) is 0.864. The van der Waals surface area contributed by atoms with Crippen molar-refractivity contribution in [2.75, 3.05) is 6.54 Å². The van der Waals surface area contributed by atoms with E-state index >= 15 is 0 Å². The Bertz CT molecular complexity index is 457. The number of rotatable bonds is 18. The van der Waals surface area contributed by atoms with Gasteiger partial charge in [-0.15, -0.1) is 0 Å². The Morgan fingerprint density at radius 2 is 1.03 bits per heavy atom. The van der Waals surface area contributed by atoms with Crippen LogP contribution in [-0.2, 0) is 14.4 Å². The minimum Gasteiger partial charge on any atom is -0.544 e. The number of unbranched alkanes of at least 4 members (excludes halogenated alkanes) is 10. The number of hydrogen-bond acceptors (Lipinski definition) is 4. The number of carbonyl (C=O) groups excluding carboxylic acids is 1. The maximum Gasteiger partial charge on any atom is 0.362 e. The van der Waals surface area contributed by atoms with Gasteiger partial charge in [-0.25, -0.2) is 9.59 Å². The SMILES string of the molecule is CCCCCCCCCCCCC[N+](C(C)C(=O)[O-])(C(C)C(=O)O)C(C)C(=O)O. The summed E-state index contributed by atoms with van der Waals surface area (Å²) in [5.41, 5.74) is 0. The van der Waals surface area contributed by atoms with Crippen LogP contribution >= 0.6 is 0 Å². The van der Waals surface area contributed by atoms with Crippen molar-refractivity contribution < 1.29 is 34.2 Å². The molecule has 0 spiro atoms. The van der Waals surface area contributed by atoms with Crippen molar-refractivity contribution in [2.45, 2.75) is 116 Å². The molecule has 0 saturated heterocycles. The standard InChI is InChI=1S/C22H41NO6/c1-5-6-7-8-9-10-11-12-13-14-15-16-23(17(2)20(24)25,18(3)21(26)27)19(4)22(28)29/h17-19H,5-16H2,1-4H3,(H2-,24,25,26,27,28,29). The molecule has 0 aromatic carbocycles. The average Bonchev–Trinajstić information content (AvgIpc) is 2.67. The molecule has 3 unspecified atom stereocenters. The van der Waals surface area contributed by atoms with Crippen LogP contribution in [0.3, 0.4) is 0 Å². The molecule has 0 aliphatic carbocycles. The maximum absolute atomic E-state index is 11.7. The third-order valence-electron chi connectivity index (χ3n) is 6.37. The Kier molecular flexibility index (Phi) is 13.6. The normalized spacial score (nSPS) is 16.6. The van der Waals surface area contributed by atoms with Crippen LogP contribution in [0.15, 0.2) is 0 Å². The van der Waals surface area contributed by atoms with Crippen molar-refractivity contribution in [3.05, 3.63) is 0 Å². The fourth-order valence-corrected chi connectivity index (χ4v) is 4.24. The van der Waals surface area contributed by atoms with Gasteiger partial charge < -0.3 is 20.1 Å². The van der Waals surface area contributed by atoms with Crippen molar-refractivity contribution in [1.82, 2.24) is 0 Å². The molecular weight excluding hydrogens is 374 g/mol. The molecule has 0 aromatic rings. The van der Waals surface area contributed by atoms with Gasteiger partial charge in [-0.05, 0) is 33.6 Å². The zero-order valence-corrected chi connectivity index (χ0v) is 18.7. The second kappa shape index (κ2) is 14.4. The van der Waals surface area contributed by atoms with E-state index in [9.17, 15) is 29.7 Å². The predicted molar refractivity (Wildman–Crippen MR) is 110 cm³/mol. The molecular formula is C22H41NO6. The Balaban J connectivity index is 4.76. The van der Waals surface area contributed by atoms with Crippen LogP contribution < -0.4 is 5.11 Å². The molecule has 0 aliphatic rings. The lowest BCUT2D eigenvalue weighted by atomic mass is 10.00. The van der Waals surface area contributed by atoms with Gasteiger partial charge in [0.2, 0.25) is 0 Å². The van der Waals surface area contributed by atoms with E-state index in [1.807, 2.05) is 0 Å². The number of carboxylic acid groups (broad SMARTS) is 3. The molecule has 0 radical (unpaired) electrons. The van der Waals surface area contributed by atoms with Crippen molar-refractivity contribution in [3.8, 4) is 0 Å². The van der Waals surface area contributed by atoms with E-state index < -0.39 is 40.5 Å². The van der Waals surface area contributed by atoms with Gasteiger partial charge in [0.15, 0.2) is 12.1 Å². The smallest absolute Gasteiger partial charge is 0.362 e. The Morgan fingerprint density at radius 1 is 0.690 bits per heavy atom. The number of carbonyl (C=O) groups is 3. The number of nitrogens with zero attached hydrogens (tertiary/aromatic N) is 1. The predicted octanol–water partition coefficient (Wildman–Crippen LogP) is 3.20. The van der Waals surface area contributed by atoms with Crippen molar-refractivity contribution in [3.63, 3.8) is 0 Å². The second-order valence-corrected chi connectivity index (χ2v) is 8.28. The summed E-state index contributed by atoms with van der Waals surface area (Å²) in [6, 6.07) is -3.54. The van der Waals surface area contributed by atoms with Crippen LogP contribution in [0.5, 0.6) is 0 Å². The minimum atomic E-state index is -1.42. The van der Waals surface area contributed by atoms with E-state index in [1.54, 1.807) is 0 Å². The van der Waals surface area contributed by atoms with Crippen molar-refractivity contribution >= 4 is 17.9 Å². The molecule has 0 saturated carbocycles. The van der Waals surface area contributed by atoms with E-state index in [4.69, 9.17) is 0 Å². The van der Waals surface area contributed by atoms with E-state index in [-0.39, 0.29) is 6.54 Å². The molecule has 7 heteroatoms. The summed E-state index contributed by atoms with van der Waals surface area (Å²) < 4.78 is -0.537. The summed E-state index contributed by atoms with van der Waals surface area (Å²) in [4.78, 5) is 34.9. The topological polar surface area (TPSA) is 115 Å². The van der Waals surface area contributed by atoms with Gasteiger partial charge in [0.1, 0.15) is 6.04 Å². The van der Waals surface area contributed by atoms with E-state index in [0.717, 1.165) is 19.3 Å². The van der Waals surface area contributed by atoms with Crippen LogP contribution in [0.1, 0.15) is 98.3 Å². The van der Waals surface area contributed by atoms with E-state index in [2.05, 4.69) is 6.92 Å². The van der Waals surface area contributed by atoms with Gasteiger partial charge in [0.25, 0.3) is 0 Å². The largest absolute Gasteiger partial charge is 0.544 e. The first-order chi connectivity index (χ1) is 13.6. The van der Waals surface area contributed by atoms with Crippen molar-refractivity contribution in [1.29, 1.82) is 0 Å². The highest BCUT2D eigenvalue weighted by Gasteiger charge is 2.50. The monoisotopic (exact) mass is 415 g/mol. The van der Waals surface area contributed by atoms with Crippen LogP contribution in [0.4, 0.5) is 0 Å². The Hall–Kier alpha value is -1.63. The summed E-state index contributed by atoms with van der Waals surface area (Å²) in [6.07, 6.45) is 12.3. The van der Waals surface area contributed by atoms with Crippen LogP contribution in [0.25, 0.3) is 0 Å². The summed E-state index contributed by atoms with van der Waals surface area (Å²) in [5.74, 6) is -3.82. The molecule has 29 heavy (non-hydrogen) atoms. The molecule has 170 valence electrons. The number of hydrogen-bond donors (Lipinski definition) is 2. The molecule has 2 N–H and O–H groups in total. The summed E-state index contributed by atoms with van der Waals surface area (Å²) in [6.45, 7) is 6.52. The van der Waals surface area contributed by atoms with E-state index in [1.165, 1.54) is 65.7 Å². The fourth-order valence-electron chi connectivity index (χ4n) is 4.24. The molecule has 0 amide bonds. The lowest BCUT2D eigenvalue weighted by Crippen LogP contribution is -2.72. The molecule has 0 rings (SSSR count). The lowest BCUT2D eigenvalue weighted by molar-refractivity contribution is -0.969. The van der Waals surface area contributed by atoms with Crippen molar-refractivity contribution in [2.24, 2.45) is 0 Å². The highest BCUT2D eigenvalue weighted by Crippen LogP contribution is 2.27. The van der Waals surface area contributed by atoms with Gasteiger partial charge in [-0.3, -0.25) is 4.48 Å². The highest BCUT2D eigenvalue weighted by molar-refractivity contribution is 5.76. The van der Waals surface area contributed by atoms with Crippen LogP contribution in [0.2, 0.25) is 0 Å². The summed E-state index contributed by atoms with van der Waals surface area (Å²) in [7, 11) is 0. The molecule has 0 aliphatic heterocycles. The first-order valence-corrected chi connectivity index (χ1v) is 11.2. The second-order valence-electron chi connectivity index (χ2n) is 8.28. The molecule has 0 heterocycles. The third kappa shape index (κ3) is 8.72. The summed E-state index contributed by atoms with van der Waals surface area (Å²) in [5, 5.41) is 30.7. The highest BCUT2D eigenvalue weighted by atomic mass is 16.4. The zero-order chi connectivity index (χ0) is 22.4. The molecule has 0 bridgehead atoms. The molecule has 0 aromatic heterocycles. The maximum atomic E-state index is 11.7. The summed E-state index contributed by atoms with van der Waals surface area (Å²) >= 11 is 0. The minimum absolute atomic E-state index is 0.188. The first kappa shape index (κ1) is 27.4. The zero-order valence-electron chi connectivity index (χ0n) is 18.7. The number of quaternary nitrogens is 1. The van der Waals surface area contributed by atoms with Crippen LogP contribution in [0, 0.1) is 0 Å². The Labute approximate surface area is 175 Å². The third-order valence-corrected chi connectivity index (χ3v) is 6.37. The van der Waals surface area contributed by atoms with Gasteiger partial charge >= 0.3 is 11.9 Å². The molecule has 7 nitrogen and oxygen atoms in total. The van der Waals surface area contributed by atoms with Gasteiger partial charge in [0, 0.05) is 0 Å². The average molecular weight is 416 g/mol. The molecule has 0 fully saturated rings. The molecule has 3 atom stereocenters. The van der Waals surface area contributed by atoms with Gasteiger partial charge in [-0.2, -0.15) is 0 Å². The van der Waals surface area contributed by atoms with Gasteiger partial charge in [-0.1, -0.05) is 64.7 Å². The van der Waals surface area contributed by atoms with Gasteiger partial charge in [0.05, 0.1) is 12.5 Å².